The third-order valence-electron chi connectivity index (χ3n) is 6.04. The third-order valence-corrected chi connectivity index (χ3v) is 6.04. The zero-order valence-corrected chi connectivity index (χ0v) is 18.0. The van der Waals surface area contributed by atoms with Crippen molar-refractivity contribution in [2.75, 3.05) is 36.5 Å². The number of nitrogens with one attached hydrogen (secondary N) is 2. The van der Waals surface area contributed by atoms with Crippen molar-refractivity contribution in [2.24, 2.45) is 0 Å². The molecular formula is C24H30N4O3. The summed E-state index contributed by atoms with van der Waals surface area (Å²) in [4.78, 5) is 28.3. The van der Waals surface area contributed by atoms with Gasteiger partial charge in [0.15, 0.2) is 0 Å². The average molecular weight is 423 g/mol. The number of rotatable bonds is 6. The first-order valence-corrected chi connectivity index (χ1v) is 10.9. The predicted octanol–water partition coefficient (Wildman–Crippen LogP) is 3.29. The second kappa shape index (κ2) is 9.73. The fraction of sp³-hybridized carbons (Fsp3) is 0.417. The van der Waals surface area contributed by atoms with E-state index in [1.165, 1.54) is 5.69 Å². The number of hydrogen-bond acceptors (Lipinski definition) is 4. The van der Waals surface area contributed by atoms with Crippen LogP contribution < -0.4 is 25.2 Å². The van der Waals surface area contributed by atoms with Crippen LogP contribution in [-0.2, 0) is 11.3 Å². The standard InChI is InChI=1S/C24H30N4O3/c1-31-22-10-8-20(9-11-22)27-15-12-19(13-16-27)26-24(30)25-17-18-4-6-21(7-5-18)28-14-2-3-23(28)29/h4-11,19H,2-3,12-17H2,1H3,(H2,25,26,30). The molecule has 0 aromatic heterocycles. The average Bonchev–Trinajstić information content (AvgIpc) is 3.24. The molecule has 0 aliphatic carbocycles. The van der Waals surface area contributed by atoms with E-state index in [-0.39, 0.29) is 18.0 Å². The van der Waals surface area contributed by atoms with Crippen LogP contribution in [0.25, 0.3) is 0 Å². The summed E-state index contributed by atoms with van der Waals surface area (Å²) in [5.74, 6) is 1.04. The highest BCUT2D eigenvalue weighted by Gasteiger charge is 2.22. The van der Waals surface area contributed by atoms with Gasteiger partial charge in [0.2, 0.25) is 5.91 Å². The van der Waals surface area contributed by atoms with Gasteiger partial charge in [-0.25, -0.2) is 4.79 Å². The Kier molecular flexibility index (Phi) is 6.60. The van der Waals surface area contributed by atoms with Gasteiger partial charge in [0.1, 0.15) is 5.75 Å². The number of benzene rings is 2. The van der Waals surface area contributed by atoms with Gasteiger partial charge >= 0.3 is 6.03 Å². The Morgan fingerprint density at radius 3 is 2.29 bits per heavy atom. The molecule has 2 fully saturated rings. The minimum Gasteiger partial charge on any atom is -0.497 e. The number of piperidine rings is 1. The smallest absolute Gasteiger partial charge is 0.315 e. The van der Waals surface area contributed by atoms with Gasteiger partial charge in [-0.3, -0.25) is 4.79 Å². The first-order chi connectivity index (χ1) is 15.1. The highest BCUT2D eigenvalue weighted by molar-refractivity contribution is 5.95. The molecule has 0 spiro atoms. The quantitative estimate of drug-likeness (QED) is 0.749. The summed E-state index contributed by atoms with van der Waals surface area (Å²) in [6.45, 7) is 3.07. The summed E-state index contributed by atoms with van der Waals surface area (Å²) < 4.78 is 5.22. The van der Waals surface area contributed by atoms with E-state index in [9.17, 15) is 9.59 Å². The molecule has 0 saturated carbocycles. The van der Waals surface area contributed by atoms with Crippen LogP contribution in [-0.4, -0.2) is 44.7 Å². The molecule has 2 aliphatic rings. The minimum atomic E-state index is -0.137. The van der Waals surface area contributed by atoms with Crippen molar-refractivity contribution in [3.63, 3.8) is 0 Å². The number of carbonyl (C=O) groups is 2. The summed E-state index contributed by atoms with van der Waals surface area (Å²) >= 11 is 0. The highest BCUT2D eigenvalue weighted by Crippen LogP contribution is 2.23. The summed E-state index contributed by atoms with van der Waals surface area (Å²) in [7, 11) is 1.67. The number of methoxy groups -OCH3 is 1. The van der Waals surface area contributed by atoms with Gasteiger partial charge < -0.3 is 25.2 Å². The molecule has 2 heterocycles. The molecule has 0 radical (unpaired) electrons. The second-order valence-corrected chi connectivity index (χ2v) is 8.10. The summed E-state index contributed by atoms with van der Waals surface area (Å²) in [5.41, 5.74) is 3.13. The van der Waals surface area contributed by atoms with E-state index in [0.29, 0.717) is 13.0 Å². The minimum absolute atomic E-state index is 0.137. The Morgan fingerprint density at radius 1 is 1.00 bits per heavy atom. The first-order valence-electron chi connectivity index (χ1n) is 10.9. The molecule has 0 atom stereocenters. The van der Waals surface area contributed by atoms with E-state index in [1.807, 2.05) is 41.3 Å². The van der Waals surface area contributed by atoms with E-state index in [4.69, 9.17) is 4.74 Å². The normalized spacial score (nSPS) is 17.0. The molecule has 7 nitrogen and oxygen atoms in total. The molecule has 2 saturated heterocycles. The summed E-state index contributed by atoms with van der Waals surface area (Å²) in [6.07, 6.45) is 3.37. The van der Waals surface area contributed by atoms with Crippen LogP contribution in [0.5, 0.6) is 5.75 Å². The van der Waals surface area contributed by atoms with Crippen molar-refractivity contribution in [2.45, 2.75) is 38.3 Å². The molecule has 0 unspecified atom stereocenters. The van der Waals surface area contributed by atoms with Crippen LogP contribution in [0.4, 0.5) is 16.2 Å². The van der Waals surface area contributed by atoms with Gasteiger partial charge in [0.25, 0.3) is 0 Å². The molecule has 2 N–H and O–H groups in total. The maximum absolute atomic E-state index is 12.3. The van der Waals surface area contributed by atoms with Crippen molar-refractivity contribution in [3.8, 4) is 5.75 Å². The van der Waals surface area contributed by atoms with Crippen LogP contribution in [0.3, 0.4) is 0 Å². The zero-order chi connectivity index (χ0) is 21.6. The van der Waals surface area contributed by atoms with Gasteiger partial charge in [-0.2, -0.15) is 0 Å². The van der Waals surface area contributed by atoms with Gasteiger partial charge in [-0.1, -0.05) is 12.1 Å². The van der Waals surface area contributed by atoms with E-state index >= 15 is 0 Å². The molecule has 2 aliphatic heterocycles. The Balaban J connectivity index is 1.19. The van der Waals surface area contributed by atoms with Crippen LogP contribution in [0.1, 0.15) is 31.2 Å². The maximum Gasteiger partial charge on any atom is 0.315 e. The highest BCUT2D eigenvalue weighted by atomic mass is 16.5. The summed E-state index contributed by atoms with van der Waals surface area (Å²) in [6, 6.07) is 16.0. The Bertz CT molecular complexity index is 890. The molecule has 2 aromatic rings. The van der Waals surface area contributed by atoms with Crippen molar-refractivity contribution in [3.05, 3.63) is 54.1 Å². The zero-order valence-electron chi connectivity index (χ0n) is 18.0. The molecule has 164 valence electrons. The number of nitrogens with zero attached hydrogens (tertiary/aromatic N) is 2. The third kappa shape index (κ3) is 5.29. The molecule has 2 aromatic carbocycles. The number of hydrogen-bond donors (Lipinski definition) is 2. The van der Waals surface area contributed by atoms with E-state index in [0.717, 1.165) is 55.9 Å². The van der Waals surface area contributed by atoms with Crippen molar-refractivity contribution >= 4 is 23.3 Å². The van der Waals surface area contributed by atoms with Crippen molar-refractivity contribution in [1.29, 1.82) is 0 Å². The summed E-state index contributed by atoms with van der Waals surface area (Å²) in [5, 5.41) is 6.03. The number of amides is 3. The monoisotopic (exact) mass is 422 g/mol. The maximum atomic E-state index is 12.3. The van der Waals surface area contributed by atoms with Crippen LogP contribution in [0.2, 0.25) is 0 Å². The lowest BCUT2D eigenvalue weighted by Gasteiger charge is -2.34. The Hall–Kier alpha value is -3.22. The van der Waals surface area contributed by atoms with Crippen LogP contribution >= 0.6 is 0 Å². The number of carbonyl (C=O) groups excluding carboxylic acids is 2. The van der Waals surface area contributed by atoms with Crippen molar-refractivity contribution < 1.29 is 14.3 Å². The van der Waals surface area contributed by atoms with Crippen LogP contribution in [0.15, 0.2) is 48.5 Å². The SMILES string of the molecule is COc1ccc(N2CCC(NC(=O)NCc3ccc(N4CCCC4=O)cc3)CC2)cc1. The number of anilines is 2. The van der Waals surface area contributed by atoms with Crippen molar-refractivity contribution in [1.82, 2.24) is 10.6 Å². The van der Waals surface area contributed by atoms with E-state index < -0.39 is 0 Å². The molecule has 4 rings (SSSR count). The first kappa shape index (κ1) is 21.0. The van der Waals surface area contributed by atoms with E-state index in [1.54, 1.807) is 7.11 Å². The Labute approximate surface area is 183 Å². The number of urea groups is 1. The molecule has 7 heteroatoms. The van der Waals surface area contributed by atoms with E-state index in [2.05, 4.69) is 27.7 Å². The topological polar surface area (TPSA) is 73.9 Å². The molecule has 31 heavy (non-hydrogen) atoms. The van der Waals surface area contributed by atoms with Gasteiger partial charge in [0, 0.05) is 50.0 Å². The fourth-order valence-corrected chi connectivity index (χ4v) is 4.21. The number of ether oxygens (including phenoxy) is 1. The lowest BCUT2D eigenvalue weighted by atomic mass is 10.0. The van der Waals surface area contributed by atoms with Gasteiger partial charge in [-0.15, -0.1) is 0 Å². The van der Waals surface area contributed by atoms with Gasteiger partial charge in [-0.05, 0) is 61.2 Å². The lowest BCUT2D eigenvalue weighted by molar-refractivity contribution is -0.117. The predicted molar refractivity (Wildman–Crippen MR) is 122 cm³/mol. The Morgan fingerprint density at radius 2 is 1.68 bits per heavy atom. The lowest BCUT2D eigenvalue weighted by Crippen LogP contribution is -2.47. The fourth-order valence-electron chi connectivity index (χ4n) is 4.21. The molecule has 3 amide bonds. The largest absolute Gasteiger partial charge is 0.497 e. The van der Waals surface area contributed by atoms with Gasteiger partial charge in [0.05, 0.1) is 7.11 Å². The molecular weight excluding hydrogens is 392 g/mol. The molecule has 0 bridgehead atoms. The second-order valence-electron chi connectivity index (χ2n) is 8.10. The van der Waals surface area contributed by atoms with Crippen LogP contribution in [0, 0.1) is 0 Å².